The third kappa shape index (κ3) is 2.58. The Bertz CT molecular complexity index is 387. The van der Waals surface area contributed by atoms with Gasteiger partial charge in [-0.25, -0.2) is 4.39 Å². The molecule has 2 rings (SSSR count). The van der Waals surface area contributed by atoms with Gasteiger partial charge in [0.2, 0.25) is 0 Å². The van der Waals surface area contributed by atoms with Crippen molar-refractivity contribution in [2.24, 2.45) is 0 Å². The van der Waals surface area contributed by atoms with Crippen LogP contribution in [0.25, 0.3) is 0 Å². The van der Waals surface area contributed by atoms with Crippen LogP contribution < -0.4 is 10.1 Å². The third-order valence-electron chi connectivity index (χ3n) is 3.17. The summed E-state index contributed by atoms with van der Waals surface area (Å²) >= 11 is 0. The van der Waals surface area contributed by atoms with E-state index in [4.69, 9.17) is 9.47 Å². The number of hydrogen-bond donors (Lipinski definition) is 1. The molecule has 1 heterocycles. The highest BCUT2D eigenvalue weighted by Gasteiger charge is 2.31. The van der Waals surface area contributed by atoms with Crippen LogP contribution >= 0.6 is 0 Å². The first-order chi connectivity index (χ1) is 8.15. The molecule has 0 aromatic heterocycles. The number of rotatable bonds is 2. The molecule has 1 saturated heterocycles. The average Bonchev–Trinajstić information content (AvgIpc) is 2.55. The number of halogens is 1. The minimum atomic E-state index is -0.260. The van der Waals surface area contributed by atoms with E-state index in [1.54, 1.807) is 13.2 Å². The number of methoxy groups -OCH3 is 1. The van der Waals surface area contributed by atoms with Crippen molar-refractivity contribution in [3.63, 3.8) is 0 Å². The summed E-state index contributed by atoms with van der Waals surface area (Å²) in [6, 6.07) is 4.62. The number of benzene rings is 1. The van der Waals surface area contributed by atoms with Crippen molar-refractivity contribution >= 4 is 0 Å². The highest BCUT2D eigenvalue weighted by atomic mass is 19.1. The summed E-state index contributed by atoms with van der Waals surface area (Å²) in [5.41, 5.74) is 0.596. The first-order valence-electron chi connectivity index (χ1n) is 5.78. The van der Waals surface area contributed by atoms with Crippen LogP contribution in [-0.2, 0) is 10.2 Å². The Balaban J connectivity index is 2.38. The van der Waals surface area contributed by atoms with Crippen molar-refractivity contribution in [1.82, 2.24) is 5.32 Å². The summed E-state index contributed by atoms with van der Waals surface area (Å²) in [6.45, 7) is 4.90. The molecule has 4 heteroatoms. The van der Waals surface area contributed by atoms with E-state index in [9.17, 15) is 4.39 Å². The lowest BCUT2D eigenvalue weighted by atomic mass is 9.82. The summed E-state index contributed by atoms with van der Waals surface area (Å²) < 4.78 is 24.3. The minimum absolute atomic E-state index is 0.244. The van der Waals surface area contributed by atoms with E-state index in [0.717, 1.165) is 18.7 Å². The molecule has 1 fully saturated rings. The molecule has 0 saturated carbocycles. The van der Waals surface area contributed by atoms with E-state index in [1.807, 2.05) is 0 Å². The zero-order valence-corrected chi connectivity index (χ0v) is 10.3. The maximum atomic E-state index is 13.4. The Kier molecular flexibility index (Phi) is 3.64. The molecule has 0 bridgehead atoms. The number of hydrogen-bond acceptors (Lipinski definition) is 3. The Hall–Kier alpha value is -1.13. The summed E-state index contributed by atoms with van der Waals surface area (Å²) in [7, 11) is 1.60. The lowest BCUT2D eigenvalue weighted by Gasteiger charge is -2.29. The normalized spacial score (nSPS) is 25.4. The molecule has 0 spiro atoms. The molecule has 1 aromatic carbocycles. The van der Waals surface area contributed by atoms with Gasteiger partial charge in [0.05, 0.1) is 20.3 Å². The van der Waals surface area contributed by atoms with Gasteiger partial charge in [0.25, 0.3) is 0 Å². The molecule has 1 aliphatic rings. The number of ether oxygens (including phenoxy) is 2. The maximum absolute atomic E-state index is 13.4. The Morgan fingerprint density at radius 1 is 1.47 bits per heavy atom. The van der Waals surface area contributed by atoms with Crippen LogP contribution in [0.15, 0.2) is 18.2 Å². The van der Waals surface area contributed by atoms with Gasteiger partial charge >= 0.3 is 0 Å². The van der Waals surface area contributed by atoms with Crippen LogP contribution in [0.4, 0.5) is 4.39 Å². The highest BCUT2D eigenvalue weighted by Crippen LogP contribution is 2.33. The second-order valence-corrected chi connectivity index (χ2v) is 4.63. The van der Waals surface area contributed by atoms with Gasteiger partial charge in [-0.15, -0.1) is 0 Å². The Morgan fingerprint density at radius 3 is 3.06 bits per heavy atom. The van der Waals surface area contributed by atoms with Crippen molar-refractivity contribution in [2.45, 2.75) is 12.3 Å². The SMILES string of the molecule is COc1ccc(F)cc1C1(C)CNCCOC1. The van der Waals surface area contributed by atoms with Gasteiger partial charge in [0, 0.05) is 24.1 Å². The lowest BCUT2D eigenvalue weighted by molar-refractivity contribution is 0.112. The van der Waals surface area contributed by atoms with Crippen molar-refractivity contribution in [1.29, 1.82) is 0 Å². The standard InChI is InChI=1S/C13H18FNO2/c1-13(8-15-5-6-17-9-13)11-7-10(14)3-4-12(11)16-2/h3-4,7,15H,5-6,8-9H2,1-2H3. The van der Waals surface area contributed by atoms with Crippen LogP contribution in [0.2, 0.25) is 0 Å². The summed E-state index contributed by atoms with van der Waals surface area (Å²) in [4.78, 5) is 0. The fourth-order valence-corrected chi connectivity index (χ4v) is 2.18. The van der Waals surface area contributed by atoms with Gasteiger partial charge in [0.1, 0.15) is 11.6 Å². The van der Waals surface area contributed by atoms with Crippen molar-refractivity contribution < 1.29 is 13.9 Å². The van der Waals surface area contributed by atoms with Gasteiger partial charge in [-0.1, -0.05) is 6.92 Å². The van der Waals surface area contributed by atoms with Gasteiger partial charge in [-0.2, -0.15) is 0 Å². The first-order valence-corrected chi connectivity index (χ1v) is 5.78. The van der Waals surface area contributed by atoms with Gasteiger partial charge in [0.15, 0.2) is 0 Å². The summed E-state index contributed by atoms with van der Waals surface area (Å²) in [5, 5.41) is 3.30. The third-order valence-corrected chi connectivity index (χ3v) is 3.17. The molecular formula is C13H18FNO2. The lowest BCUT2D eigenvalue weighted by Crippen LogP contribution is -2.37. The monoisotopic (exact) mass is 239 g/mol. The van der Waals surface area contributed by atoms with Crippen molar-refractivity contribution in [2.75, 3.05) is 33.4 Å². The van der Waals surface area contributed by atoms with Crippen LogP contribution in [0.3, 0.4) is 0 Å². The predicted octanol–water partition coefficient (Wildman–Crippen LogP) is 1.71. The van der Waals surface area contributed by atoms with E-state index in [-0.39, 0.29) is 11.2 Å². The molecule has 0 amide bonds. The van der Waals surface area contributed by atoms with Crippen LogP contribution in [0, 0.1) is 5.82 Å². The molecule has 1 N–H and O–H groups in total. The van der Waals surface area contributed by atoms with E-state index in [2.05, 4.69) is 12.2 Å². The molecule has 17 heavy (non-hydrogen) atoms. The molecule has 94 valence electrons. The van der Waals surface area contributed by atoms with E-state index in [1.165, 1.54) is 12.1 Å². The topological polar surface area (TPSA) is 30.5 Å². The molecule has 1 unspecified atom stereocenters. The molecule has 0 aliphatic carbocycles. The molecular weight excluding hydrogens is 221 g/mol. The van der Waals surface area contributed by atoms with E-state index >= 15 is 0 Å². The average molecular weight is 239 g/mol. The molecule has 0 radical (unpaired) electrons. The second kappa shape index (κ2) is 5.02. The van der Waals surface area contributed by atoms with Gasteiger partial charge in [-0.05, 0) is 18.2 Å². The first kappa shape index (κ1) is 12.3. The van der Waals surface area contributed by atoms with Crippen LogP contribution in [-0.4, -0.2) is 33.4 Å². The second-order valence-electron chi connectivity index (χ2n) is 4.63. The zero-order valence-electron chi connectivity index (χ0n) is 10.3. The van der Waals surface area contributed by atoms with E-state index < -0.39 is 0 Å². The van der Waals surface area contributed by atoms with Gasteiger partial charge < -0.3 is 14.8 Å². The zero-order chi connectivity index (χ0) is 12.3. The Labute approximate surface area is 101 Å². The fraction of sp³-hybridized carbons (Fsp3) is 0.538. The van der Waals surface area contributed by atoms with Gasteiger partial charge in [-0.3, -0.25) is 0 Å². The number of nitrogens with one attached hydrogen (secondary N) is 1. The molecule has 3 nitrogen and oxygen atoms in total. The van der Waals surface area contributed by atoms with E-state index in [0.29, 0.717) is 19.0 Å². The summed E-state index contributed by atoms with van der Waals surface area (Å²) in [5.74, 6) is 0.465. The van der Waals surface area contributed by atoms with Crippen molar-refractivity contribution in [3.8, 4) is 5.75 Å². The van der Waals surface area contributed by atoms with Crippen LogP contribution in [0.5, 0.6) is 5.75 Å². The highest BCUT2D eigenvalue weighted by molar-refractivity contribution is 5.40. The molecule has 1 atom stereocenters. The Morgan fingerprint density at radius 2 is 2.29 bits per heavy atom. The maximum Gasteiger partial charge on any atom is 0.123 e. The van der Waals surface area contributed by atoms with Crippen LogP contribution in [0.1, 0.15) is 12.5 Å². The smallest absolute Gasteiger partial charge is 0.123 e. The fourth-order valence-electron chi connectivity index (χ4n) is 2.18. The quantitative estimate of drug-likeness (QED) is 0.852. The summed E-state index contributed by atoms with van der Waals surface area (Å²) in [6.07, 6.45) is 0. The predicted molar refractivity (Wildman–Crippen MR) is 64.0 cm³/mol. The largest absolute Gasteiger partial charge is 0.496 e. The molecule has 1 aromatic rings. The minimum Gasteiger partial charge on any atom is -0.496 e. The van der Waals surface area contributed by atoms with Crippen molar-refractivity contribution in [3.05, 3.63) is 29.6 Å². The molecule has 1 aliphatic heterocycles.